The number of nitrogens with zero attached hydrogens (tertiary/aromatic N) is 1. The Labute approximate surface area is 88.8 Å². The number of rotatable bonds is 2. The van der Waals surface area contributed by atoms with Crippen LogP contribution >= 0.6 is 0 Å². The molecule has 0 bridgehead atoms. The molecule has 74 valence electrons. The topological polar surface area (TPSA) is 40.9 Å². The van der Waals surface area contributed by atoms with Crippen molar-refractivity contribution < 1.29 is 4.79 Å². The van der Waals surface area contributed by atoms with Gasteiger partial charge in [0.2, 0.25) is 0 Å². The maximum absolute atomic E-state index is 11.5. The molecule has 0 radical (unpaired) electrons. The Balaban J connectivity index is 2.28. The SMILES string of the molecule is Cc1ccc2c(c1)C=C(C(=O)CC#N)C2. The van der Waals surface area contributed by atoms with Gasteiger partial charge < -0.3 is 0 Å². The summed E-state index contributed by atoms with van der Waals surface area (Å²) in [6.07, 6.45) is 2.57. The summed E-state index contributed by atoms with van der Waals surface area (Å²) in [4.78, 5) is 11.5. The van der Waals surface area contributed by atoms with Crippen LogP contribution in [0.5, 0.6) is 0 Å². The van der Waals surface area contributed by atoms with Gasteiger partial charge in [-0.15, -0.1) is 0 Å². The Morgan fingerprint density at radius 1 is 1.53 bits per heavy atom. The van der Waals surface area contributed by atoms with E-state index in [9.17, 15) is 4.79 Å². The molecule has 0 spiro atoms. The number of benzene rings is 1. The highest BCUT2D eigenvalue weighted by molar-refractivity contribution is 6.02. The van der Waals surface area contributed by atoms with E-state index in [4.69, 9.17) is 5.26 Å². The maximum atomic E-state index is 11.5. The summed E-state index contributed by atoms with van der Waals surface area (Å²) in [5.41, 5.74) is 4.26. The molecule has 0 saturated heterocycles. The summed E-state index contributed by atoms with van der Waals surface area (Å²) in [6.45, 7) is 2.03. The fourth-order valence-corrected chi connectivity index (χ4v) is 1.82. The van der Waals surface area contributed by atoms with E-state index in [2.05, 4.69) is 6.07 Å². The van der Waals surface area contributed by atoms with E-state index >= 15 is 0 Å². The lowest BCUT2D eigenvalue weighted by Crippen LogP contribution is -2.00. The van der Waals surface area contributed by atoms with Crippen LogP contribution in [0.15, 0.2) is 23.8 Å². The summed E-state index contributed by atoms with van der Waals surface area (Å²) in [5.74, 6) is -0.0497. The molecule has 2 nitrogen and oxygen atoms in total. The quantitative estimate of drug-likeness (QED) is 0.730. The third-order valence-corrected chi connectivity index (χ3v) is 2.61. The van der Waals surface area contributed by atoms with Crippen LogP contribution in [-0.4, -0.2) is 5.78 Å². The molecule has 1 aromatic carbocycles. The fourth-order valence-electron chi connectivity index (χ4n) is 1.82. The minimum absolute atomic E-state index is 0.0151. The Bertz CT molecular complexity index is 492. The summed E-state index contributed by atoms with van der Waals surface area (Å²) in [5, 5.41) is 8.46. The molecule has 0 N–H and O–H groups in total. The number of hydrogen-bond acceptors (Lipinski definition) is 2. The number of nitriles is 1. The molecule has 0 saturated carbocycles. The van der Waals surface area contributed by atoms with Crippen LogP contribution in [0.2, 0.25) is 0 Å². The highest BCUT2D eigenvalue weighted by atomic mass is 16.1. The van der Waals surface area contributed by atoms with Crippen LogP contribution in [0.4, 0.5) is 0 Å². The van der Waals surface area contributed by atoms with Gasteiger partial charge in [0.1, 0.15) is 0 Å². The van der Waals surface area contributed by atoms with Crippen LogP contribution in [0, 0.1) is 18.3 Å². The van der Waals surface area contributed by atoms with E-state index in [1.165, 1.54) is 11.1 Å². The molecule has 15 heavy (non-hydrogen) atoms. The van der Waals surface area contributed by atoms with Crippen molar-refractivity contribution in [3.63, 3.8) is 0 Å². The molecule has 2 heteroatoms. The first-order valence-corrected chi connectivity index (χ1v) is 4.91. The summed E-state index contributed by atoms with van der Waals surface area (Å²) in [6, 6.07) is 8.06. The molecule has 2 rings (SSSR count). The largest absolute Gasteiger partial charge is 0.293 e. The maximum Gasteiger partial charge on any atom is 0.173 e. The van der Waals surface area contributed by atoms with E-state index in [0.717, 1.165) is 11.1 Å². The van der Waals surface area contributed by atoms with E-state index < -0.39 is 0 Å². The predicted molar refractivity (Wildman–Crippen MR) is 58.1 cm³/mol. The van der Waals surface area contributed by atoms with Gasteiger partial charge in [0.25, 0.3) is 0 Å². The van der Waals surface area contributed by atoms with E-state index in [1.54, 1.807) is 0 Å². The molecular weight excluding hydrogens is 186 g/mol. The molecule has 0 fully saturated rings. The van der Waals surface area contributed by atoms with Crippen LogP contribution in [0.25, 0.3) is 6.08 Å². The number of allylic oxidation sites excluding steroid dienone is 1. The zero-order valence-electron chi connectivity index (χ0n) is 8.58. The second kappa shape index (κ2) is 3.70. The molecule has 0 aliphatic heterocycles. The number of hydrogen-bond donors (Lipinski definition) is 0. The first-order chi connectivity index (χ1) is 7.20. The predicted octanol–water partition coefficient (Wildman–Crippen LogP) is 2.42. The number of ketones is 1. The van der Waals surface area contributed by atoms with Crippen molar-refractivity contribution >= 4 is 11.9 Å². The van der Waals surface area contributed by atoms with Crippen molar-refractivity contribution in [2.75, 3.05) is 0 Å². The van der Waals surface area contributed by atoms with Gasteiger partial charge in [-0.1, -0.05) is 23.8 Å². The van der Waals surface area contributed by atoms with E-state index in [0.29, 0.717) is 6.42 Å². The van der Waals surface area contributed by atoms with Crippen molar-refractivity contribution in [3.8, 4) is 6.07 Å². The lowest BCUT2D eigenvalue weighted by molar-refractivity contribution is -0.114. The van der Waals surface area contributed by atoms with Crippen LogP contribution in [0.3, 0.4) is 0 Å². The molecule has 0 aromatic heterocycles. The normalized spacial score (nSPS) is 12.9. The monoisotopic (exact) mass is 197 g/mol. The van der Waals surface area contributed by atoms with Crippen molar-refractivity contribution in [2.24, 2.45) is 0 Å². The van der Waals surface area contributed by atoms with Gasteiger partial charge in [-0.3, -0.25) is 4.79 Å². The minimum atomic E-state index is -0.0497. The Morgan fingerprint density at radius 3 is 3.07 bits per heavy atom. The van der Waals surface area contributed by atoms with Gasteiger partial charge in [0.05, 0.1) is 12.5 Å². The van der Waals surface area contributed by atoms with Crippen molar-refractivity contribution in [1.82, 2.24) is 0 Å². The van der Waals surface area contributed by atoms with E-state index in [1.807, 2.05) is 31.2 Å². The molecular formula is C13H11NO. The third-order valence-electron chi connectivity index (χ3n) is 2.61. The van der Waals surface area contributed by atoms with E-state index in [-0.39, 0.29) is 12.2 Å². The lowest BCUT2D eigenvalue weighted by Gasteiger charge is -1.98. The van der Waals surface area contributed by atoms with Crippen molar-refractivity contribution in [2.45, 2.75) is 19.8 Å². The zero-order valence-corrected chi connectivity index (χ0v) is 8.58. The highest BCUT2D eigenvalue weighted by Gasteiger charge is 2.17. The number of Topliss-reactive ketones (excluding diaryl/α,β-unsaturated/α-hetero) is 1. The standard InChI is InChI=1S/C13H11NO/c1-9-2-3-10-7-12(8-11(10)6-9)13(15)4-5-14/h2-3,6,8H,4,7H2,1H3. The molecule has 0 atom stereocenters. The van der Waals surface area contributed by atoms with Gasteiger partial charge in [-0.25, -0.2) is 0 Å². The number of fused-ring (bicyclic) bond motifs is 1. The average molecular weight is 197 g/mol. The first kappa shape index (κ1) is 9.67. The van der Waals surface area contributed by atoms with Crippen molar-refractivity contribution in [1.29, 1.82) is 5.26 Å². The molecule has 1 aliphatic carbocycles. The lowest BCUT2D eigenvalue weighted by atomic mass is 10.1. The van der Waals surface area contributed by atoms with Gasteiger partial charge in [-0.2, -0.15) is 5.26 Å². The number of carbonyl (C=O) groups excluding carboxylic acids is 1. The molecule has 0 heterocycles. The first-order valence-electron chi connectivity index (χ1n) is 4.91. The van der Waals surface area contributed by atoms with Crippen LogP contribution < -0.4 is 0 Å². The summed E-state index contributed by atoms with van der Waals surface area (Å²) in [7, 11) is 0. The fraction of sp³-hybridized carbons (Fsp3) is 0.231. The van der Waals surface area contributed by atoms with Gasteiger partial charge in [0, 0.05) is 12.0 Å². The number of carbonyl (C=O) groups is 1. The van der Waals surface area contributed by atoms with Crippen LogP contribution in [0.1, 0.15) is 23.1 Å². The third kappa shape index (κ3) is 1.82. The van der Waals surface area contributed by atoms with Gasteiger partial charge >= 0.3 is 0 Å². The summed E-state index contributed by atoms with van der Waals surface area (Å²) >= 11 is 0. The van der Waals surface area contributed by atoms with Gasteiger partial charge in [0.15, 0.2) is 5.78 Å². The zero-order chi connectivity index (χ0) is 10.8. The molecule has 0 unspecified atom stereocenters. The Kier molecular flexibility index (Phi) is 2.39. The van der Waals surface area contributed by atoms with Crippen LogP contribution in [-0.2, 0) is 11.2 Å². The number of aryl methyl sites for hydroxylation is 1. The molecule has 1 aromatic rings. The molecule has 0 amide bonds. The smallest absolute Gasteiger partial charge is 0.173 e. The Hall–Kier alpha value is -1.88. The van der Waals surface area contributed by atoms with Gasteiger partial charge in [-0.05, 0) is 24.1 Å². The molecule has 1 aliphatic rings. The minimum Gasteiger partial charge on any atom is -0.293 e. The summed E-state index contributed by atoms with van der Waals surface area (Å²) < 4.78 is 0. The second-order valence-corrected chi connectivity index (χ2v) is 3.81. The Morgan fingerprint density at radius 2 is 2.33 bits per heavy atom. The second-order valence-electron chi connectivity index (χ2n) is 3.81. The van der Waals surface area contributed by atoms with Crippen molar-refractivity contribution in [3.05, 3.63) is 40.5 Å². The highest BCUT2D eigenvalue weighted by Crippen LogP contribution is 2.26. The average Bonchev–Trinajstić information content (AvgIpc) is 2.60.